The van der Waals surface area contributed by atoms with Gasteiger partial charge in [0, 0.05) is 18.4 Å². The number of benzene rings is 1. The molecule has 0 fully saturated rings. The molecule has 0 aliphatic carbocycles. The zero-order valence-corrected chi connectivity index (χ0v) is 13.8. The fraction of sp³-hybridized carbons (Fsp3) is 0.471. The summed E-state index contributed by atoms with van der Waals surface area (Å²) in [5.41, 5.74) is 12.1. The second-order valence-corrected chi connectivity index (χ2v) is 6.61. The molecule has 6 heteroatoms. The quantitative estimate of drug-likeness (QED) is 0.649. The van der Waals surface area contributed by atoms with E-state index < -0.39 is 0 Å². The van der Waals surface area contributed by atoms with E-state index in [1.807, 2.05) is 24.3 Å². The van der Waals surface area contributed by atoms with Crippen LogP contribution >= 0.6 is 0 Å². The van der Waals surface area contributed by atoms with Crippen molar-refractivity contribution < 1.29 is 4.79 Å². The van der Waals surface area contributed by atoms with Crippen LogP contribution in [-0.2, 0) is 4.79 Å². The summed E-state index contributed by atoms with van der Waals surface area (Å²) in [6.45, 7) is 5.07. The number of primary amides is 1. The third-order valence-electron chi connectivity index (χ3n) is 3.99. The molecule has 0 aliphatic heterocycles. The Hall–Kier alpha value is -2.37. The Morgan fingerprint density at radius 2 is 1.96 bits per heavy atom. The predicted molar refractivity (Wildman–Crippen MR) is 93.9 cm³/mol. The average Bonchev–Trinajstić information content (AvgIpc) is 2.50. The number of anilines is 2. The van der Waals surface area contributed by atoms with Gasteiger partial charge in [-0.3, -0.25) is 4.79 Å². The largest absolute Gasteiger partial charge is 0.383 e. The maximum Gasteiger partial charge on any atom is 0.225 e. The molecule has 0 bridgehead atoms. The van der Waals surface area contributed by atoms with E-state index in [9.17, 15) is 4.79 Å². The zero-order chi connectivity index (χ0) is 16.9. The second-order valence-electron chi connectivity index (χ2n) is 6.61. The molecule has 1 aromatic heterocycles. The third kappa shape index (κ3) is 5.09. The van der Waals surface area contributed by atoms with E-state index in [4.69, 9.17) is 11.5 Å². The van der Waals surface area contributed by atoms with Gasteiger partial charge in [-0.25, -0.2) is 4.98 Å². The van der Waals surface area contributed by atoms with Crippen molar-refractivity contribution in [1.29, 1.82) is 0 Å². The Morgan fingerprint density at radius 1 is 1.22 bits per heavy atom. The fourth-order valence-corrected chi connectivity index (χ4v) is 2.53. The van der Waals surface area contributed by atoms with Crippen LogP contribution < -0.4 is 16.8 Å². The van der Waals surface area contributed by atoms with Gasteiger partial charge in [-0.05, 0) is 36.8 Å². The van der Waals surface area contributed by atoms with Crippen LogP contribution in [0.25, 0.3) is 10.9 Å². The number of amides is 1. The van der Waals surface area contributed by atoms with Crippen LogP contribution in [0.1, 0.15) is 39.5 Å². The number of rotatable bonds is 8. The first kappa shape index (κ1) is 17.0. The lowest BCUT2D eigenvalue weighted by atomic mass is 9.83. The first-order valence-electron chi connectivity index (χ1n) is 7.92. The highest BCUT2D eigenvalue weighted by Gasteiger charge is 2.18. The van der Waals surface area contributed by atoms with Gasteiger partial charge in [0.25, 0.3) is 0 Å². The molecule has 23 heavy (non-hydrogen) atoms. The van der Waals surface area contributed by atoms with Crippen molar-refractivity contribution in [3.05, 3.63) is 24.3 Å². The molecular formula is C17H25N5O. The zero-order valence-electron chi connectivity index (χ0n) is 13.8. The first-order chi connectivity index (χ1) is 10.9. The molecule has 1 heterocycles. The third-order valence-corrected chi connectivity index (χ3v) is 3.99. The molecule has 0 saturated heterocycles. The molecule has 0 spiro atoms. The Bertz CT molecular complexity index is 684. The van der Waals surface area contributed by atoms with E-state index in [0.717, 1.165) is 36.7 Å². The van der Waals surface area contributed by atoms with Crippen LogP contribution in [-0.4, -0.2) is 22.4 Å². The van der Waals surface area contributed by atoms with Crippen LogP contribution in [0.3, 0.4) is 0 Å². The van der Waals surface area contributed by atoms with Gasteiger partial charge in [-0.15, -0.1) is 0 Å². The molecule has 5 N–H and O–H groups in total. The van der Waals surface area contributed by atoms with Gasteiger partial charge in [-0.2, -0.15) is 4.98 Å². The summed E-state index contributed by atoms with van der Waals surface area (Å²) < 4.78 is 0. The monoisotopic (exact) mass is 315 g/mol. The molecule has 0 unspecified atom stereocenters. The Labute approximate surface area is 136 Å². The second kappa shape index (κ2) is 7.26. The van der Waals surface area contributed by atoms with E-state index in [0.29, 0.717) is 18.2 Å². The van der Waals surface area contributed by atoms with Gasteiger partial charge in [-0.1, -0.05) is 26.0 Å². The molecule has 2 aromatic rings. The van der Waals surface area contributed by atoms with Gasteiger partial charge >= 0.3 is 0 Å². The number of nitrogens with one attached hydrogen (secondary N) is 1. The Kier molecular flexibility index (Phi) is 5.36. The molecule has 0 saturated carbocycles. The fourth-order valence-electron chi connectivity index (χ4n) is 2.53. The lowest BCUT2D eigenvalue weighted by molar-refractivity contribution is -0.118. The maximum absolute atomic E-state index is 10.9. The molecule has 1 amide bonds. The number of carbonyl (C=O) groups excluding carboxylic acids is 1. The molecule has 6 nitrogen and oxygen atoms in total. The summed E-state index contributed by atoms with van der Waals surface area (Å²) in [5.74, 6) is 0.798. The summed E-state index contributed by atoms with van der Waals surface area (Å²) in [4.78, 5) is 19.6. The lowest BCUT2D eigenvalue weighted by Gasteiger charge is -2.23. The highest BCUT2D eigenvalue weighted by atomic mass is 16.1. The minimum atomic E-state index is -0.240. The summed E-state index contributed by atoms with van der Waals surface area (Å²) in [6, 6.07) is 7.68. The molecule has 0 radical (unpaired) electrons. The van der Waals surface area contributed by atoms with Crippen LogP contribution in [0, 0.1) is 5.41 Å². The lowest BCUT2D eigenvalue weighted by Crippen LogP contribution is -2.19. The van der Waals surface area contributed by atoms with Crippen molar-refractivity contribution in [2.75, 3.05) is 17.6 Å². The van der Waals surface area contributed by atoms with Crippen molar-refractivity contribution in [2.45, 2.75) is 39.5 Å². The van der Waals surface area contributed by atoms with Gasteiger partial charge in [0.05, 0.1) is 5.52 Å². The van der Waals surface area contributed by atoms with Gasteiger partial charge in [0.15, 0.2) is 0 Å². The Balaban J connectivity index is 1.86. The number of carbonyl (C=O) groups is 1. The summed E-state index contributed by atoms with van der Waals surface area (Å²) in [7, 11) is 0. The molecule has 1 aromatic carbocycles. The number of hydrogen-bond acceptors (Lipinski definition) is 5. The molecule has 124 valence electrons. The molecule has 0 atom stereocenters. The summed E-state index contributed by atoms with van der Waals surface area (Å²) >= 11 is 0. The van der Waals surface area contributed by atoms with Gasteiger partial charge < -0.3 is 16.8 Å². The highest BCUT2D eigenvalue weighted by Crippen LogP contribution is 2.28. The van der Waals surface area contributed by atoms with Crippen molar-refractivity contribution >= 4 is 28.6 Å². The van der Waals surface area contributed by atoms with Gasteiger partial charge in [0.2, 0.25) is 11.9 Å². The first-order valence-corrected chi connectivity index (χ1v) is 7.92. The molecule has 0 aliphatic rings. The van der Waals surface area contributed by atoms with E-state index in [1.165, 1.54) is 0 Å². The number of nitrogens with two attached hydrogens (primary N) is 2. The van der Waals surface area contributed by atoms with Crippen LogP contribution in [0.2, 0.25) is 0 Å². The number of aromatic nitrogens is 2. The van der Waals surface area contributed by atoms with Crippen molar-refractivity contribution in [1.82, 2.24) is 9.97 Å². The van der Waals surface area contributed by atoms with E-state index in [1.54, 1.807) is 0 Å². The smallest absolute Gasteiger partial charge is 0.225 e. The van der Waals surface area contributed by atoms with E-state index in [2.05, 4.69) is 29.1 Å². The van der Waals surface area contributed by atoms with Crippen LogP contribution in [0.15, 0.2) is 24.3 Å². The number of hydrogen-bond donors (Lipinski definition) is 3. The van der Waals surface area contributed by atoms with Crippen molar-refractivity contribution in [3.8, 4) is 0 Å². The molecular weight excluding hydrogens is 290 g/mol. The van der Waals surface area contributed by atoms with Gasteiger partial charge in [0.1, 0.15) is 5.82 Å². The van der Waals surface area contributed by atoms with E-state index >= 15 is 0 Å². The minimum absolute atomic E-state index is 0.0972. The summed E-state index contributed by atoms with van der Waals surface area (Å²) in [5, 5.41) is 4.09. The maximum atomic E-state index is 10.9. The normalized spacial score (nSPS) is 11.6. The number of fused-ring (bicyclic) bond motifs is 1. The van der Waals surface area contributed by atoms with E-state index in [-0.39, 0.29) is 11.3 Å². The highest BCUT2D eigenvalue weighted by molar-refractivity contribution is 5.88. The Morgan fingerprint density at radius 3 is 2.70 bits per heavy atom. The van der Waals surface area contributed by atoms with Crippen LogP contribution in [0.4, 0.5) is 11.8 Å². The predicted octanol–water partition coefficient (Wildman–Crippen LogP) is 2.70. The number of nitrogen functional groups attached to an aromatic ring is 1. The minimum Gasteiger partial charge on any atom is -0.383 e. The average molecular weight is 315 g/mol. The topological polar surface area (TPSA) is 107 Å². The molecule has 2 rings (SSSR count). The summed E-state index contributed by atoms with van der Waals surface area (Å²) in [6.07, 6.45) is 3.20. The SMILES string of the molecule is CC(C)(CCCNc1nc(N)c2ccccc2n1)CCC(N)=O. The number of nitrogens with zero attached hydrogens (tertiary/aromatic N) is 2. The number of para-hydroxylation sites is 1. The van der Waals surface area contributed by atoms with Crippen LogP contribution in [0.5, 0.6) is 0 Å². The van der Waals surface area contributed by atoms with Crippen molar-refractivity contribution in [2.24, 2.45) is 11.1 Å². The standard InChI is InChI=1S/C17H25N5O/c1-17(2,10-8-14(18)23)9-5-11-20-16-21-13-7-4-3-6-12(13)15(19)22-16/h3-4,6-7H,5,8-11H2,1-2H3,(H2,18,23)(H3,19,20,21,22). The van der Waals surface area contributed by atoms with Crippen molar-refractivity contribution in [3.63, 3.8) is 0 Å².